The summed E-state index contributed by atoms with van der Waals surface area (Å²) in [4.78, 5) is 29.0. The highest BCUT2D eigenvalue weighted by atomic mass is 79.9. The Balaban J connectivity index is 1.76. The molecule has 1 N–H and O–H groups in total. The van der Waals surface area contributed by atoms with Gasteiger partial charge in [0, 0.05) is 24.5 Å². The van der Waals surface area contributed by atoms with Gasteiger partial charge in [-0.05, 0) is 47.5 Å². The molecule has 40 heavy (non-hydrogen) atoms. The number of rotatable bonds is 11. The highest BCUT2D eigenvalue weighted by Crippen LogP contribution is 2.25. The minimum Gasteiger partial charge on any atom is -0.357 e. The van der Waals surface area contributed by atoms with Crippen molar-refractivity contribution < 1.29 is 18.0 Å². The molecule has 0 spiro atoms. The molecule has 4 rings (SSSR count). The van der Waals surface area contributed by atoms with E-state index < -0.39 is 28.5 Å². The topological polar surface area (TPSA) is 86.8 Å². The molecule has 0 aromatic heterocycles. The van der Waals surface area contributed by atoms with E-state index >= 15 is 0 Å². The van der Waals surface area contributed by atoms with Crippen molar-refractivity contribution in [2.45, 2.75) is 23.9 Å². The molecule has 0 aliphatic heterocycles. The van der Waals surface area contributed by atoms with Crippen LogP contribution in [0.1, 0.15) is 11.1 Å². The van der Waals surface area contributed by atoms with Crippen molar-refractivity contribution in [3.05, 3.63) is 131 Å². The maximum Gasteiger partial charge on any atom is 0.264 e. The van der Waals surface area contributed by atoms with Crippen molar-refractivity contribution in [1.29, 1.82) is 0 Å². The van der Waals surface area contributed by atoms with Crippen molar-refractivity contribution in [2.75, 3.05) is 17.9 Å². The highest BCUT2D eigenvalue weighted by molar-refractivity contribution is 9.10. The van der Waals surface area contributed by atoms with Crippen LogP contribution < -0.4 is 9.62 Å². The van der Waals surface area contributed by atoms with Gasteiger partial charge < -0.3 is 10.2 Å². The minimum atomic E-state index is -4.09. The third kappa shape index (κ3) is 7.16. The summed E-state index contributed by atoms with van der Waals surface area (Å²) in [6, 6.07) is 32.5. The Morgan fingerprint density at radius 2 is 1.38 bits per heavy atom. The van der Waals surface area contributed by atoms with Crippen molar-refractivity contribution in [1.82, 2.24) is 10.2 Å². The van der Waals surface area contributed by atoms with E-state index in [1.54, 1.807) is 48.5 Å². The minimum absolute atomic E-state index is 0.0670. The van der Waals surface area contributed by atoms with Crippen LogP contribution in [0.3, 0.4) is 0 Å². The van der Waals surface area contributed by atoms with Gasteiger partial charge in [-0.25, -0.2) is 8.42 Å². The van der Waals surface area contributed by atoms with Gasteiger partial charge in [0.15, 0.2) is 0 Å². The molecule has 0 aliphatic rings. The molecule has 206 valence electrons. The second-order valence-electron chi connectivity index (χ2n) is 9.13. The first-order valence-corrected chi connectivity index (χ1v) is 14.9. The number of benzene rings is 4. The van der Waals surface area contributed by atoms with Gasteiger partial charge in [-0.3, -0.25) is 13.9 Å². The number of hydrogen-bond acceptors (Lipinski definition) is 4. The van der Waals surface area contributed by atoms with Gasteiger partial charge in [0.1, 0.15) is 12.6 Å². The molecule has 0 fully saturated rings. The number of amides is 2. The smallest absolute Gasteiger partial charge is 0.264 e. The summed E-state index contributed by atoms with van der Waals surface area (Å²) in [7, 11) is -2.57. The second kappa shape index (κ2) is 13.4. The summed E-state index contributed by atoms with van der Waals surface area (Å²) in [5.41, 5.74) is 2.02. The van der Waals surface area contributed by atoms with Crippen LogP contribution in [0.25, 0.3) is 0 Å². The SMILES string of the molecule is CNC(=O)[C@H](Cc1ccccc1)N(Cc1cccc(Br)c1)C(=O)CN(c1ccccc1)S(=O)(=O)c1ccccc1. The zero-order valence-corrected chi connectivity index (χ0v) is 24.4. The van der Waals surface area contributed by atoms with E-state index in [9.17, 15) is 18.0 Å². The molecule has 4 aromatic rings. The standard InChI is InChI=1S/C31H30BrN3O4S/c1-33-31(37)29(21-24-12-5-2-6-13-24)34(22-25-14-11-15-26(32)20-25)30(36)23-35(27-16-7-3-8-17-27)40(38,39)28-18-9-4-10-19-28/h2-20,29H,21-23H2,1H3,(H,33,37)/t29-/m0/s1. The van der Waals surface area contributed by atoms with E-state index in [0.29, 0.717) is 5.69 Å². The lowest BCUT2D eigenvalue weighted by molar-refractivity contribution is -0.139. The third-order valence-electron chi connectivity index (χ3n) is 6.41. The van der Waals surface area contributed by atoms with Crippen molar-refractivity contribution in [2.24, 2.45) is 0 Å². The third-order valence-corrected chi connectivity index (χ3v) is 8.70. The van der Waals surface area contributed by atoms with E-state index in [2.05, 4.69) is 21.2 Å². The van der Waals surface area contributed by atoms with Crippen LogP contribution in [0.4, 0.5) is 5.69 Å². The maximum absolute atomic E-state index is 14.2. The number of hydrogen-bond donors (Lipinski definition) is 1. The summed E-state index contributed by atoms with van der Waals surface area (Å²) in [6.07, 6.45) is 0.261. The molecule has 0 aliphatic carbocycles. The summed E-state index contributed by atoms with van der Waals surface area (Å²) in [5.74, 6) is -0.850. The largest absolute Gasteiger partial charge is 0.357 e. The number of nitrogens with zero attached hydrogens (tertiary/aromatic N) is 2. The van der Waals surface area contributed by atoms with Crippen molar-refractivity contribution >= 4 is 43.5 Å². The van der Waals surface area contributed by atoms with Crippen LogP contribution >= 0.6 is 15.9 Å². The van der Waals surface area contributed by atoms with E-state index in [-0.39, 0.29) is 23.8 Å². The van der Waals surface area contributed by atoms with Gasteiger partial charge in [-0.2, -0.15) is 0 Å². The van der Waals surface area contributed by atoms with Gasteiger partial charge >= 0.3 is 0 Å². The molecule has 0 bridgehead atoms. The van der Waals surface area contributed by atoms with Crippen LogP contribution in [0.15, 0.2) is 125 Å². The van der Waals surface area contributed by atoms with Crippen LogP contribution in [0, 0.1) is 0 Å². The van der Waals surface area contributed by atoms with Gasteiger partial charge in [0.25, 0.3) is 10.0 Å². The Labute approximate surface area is 243 Å². The Morgan fingerprint density at radius 3 is 1.98 bits per heavy atom. The summed E-state index contributed by atoms with van der Waals surface area (Å²) in [6.45, 7) is -0.380. The molecular weight excluding hydrogens is 590 g/mol. The van der Waals surface area contributed by atoms with Crippen molar-refractivity contribution in [3.8, 4) is 0 Å². The molecule has 1 atom stereocenters. The first-order valence-electron chi connectivity index (χ1n) is 12.7. The molecule has 2 amide bonds. The molecule has 0 radical (unpaired) electrons. The molecule has 9 heteroatoms. The number of carbonyl (C=O) groups excluding carboxylic acids is 2. The second-order valence-corrected chi connectivity index (χ2v) is 11.9. The Morgan fingerprint density at radius 1 is 0.800 bits per heavy atom. The number of anilines is 1. The zero-order valence-electron chi connectivity index (χ0n) is 22.0. The average Bonchev–Trinajstić information content (AvgIpc) is 2.98. The molecule has 0 saturated carbocycles. The zero-order chi connectivity index (χ0) is 28.5. The van der Waals surface area contributed by atoms with E-state index in [1.165, 1.54) is 24.1 Å². The normalized spacial score (nSPS) is 11.8. The quantitative estimate of drug-likeness (QED) is 0.255. The molecule has 0 saturated heterocycles. The van der Waals surface area contributed by atoms with Gasteiger partial charge in [0.2, 0.25) is 11.8 Å². The number of sulfonamides is 1. The Kier molecular flexibility index (Phi) is 9.74. The lowest BCUT2D eigenvalue weighted by Crippen LogP contribution is -2.53. The maximum atomic E-state index is 14.2. The molecular formula is C31H30BrN3O4S. The van der Waals surface area contributed by atoms with E-state index in [0.717, 1.165) is 19.9 Å². The lowest BCUT2D eigenvalue weighted by atomic mass is 10.0. The summed E-state index contributed by atoms with van der Waals surface area (Å²) >= 11 is 3.48. The monoisotopic (exact) mass is 619 g/mol. The number of nitrogens with one attached hydrogen (secondary N) is 1. The van der Waals surface area contributed by atoms with Gasteiger partial charge in [-0.15, -0.1) is 0 Å². The number of likely N-dealkylation sites (N-methyl/N-ethyl adjacent to an activating group) is 1. The molecule has 7 nitrogen and oxygen atoms in total. The lowest BCUT2D eigenvalue weighted by Gasteiger charge is -2.33. The predicted molar refractivity (Wildman–Crippen MR) is 160 cm³/mol. The van der Waals surface area contributed by atoms with Gasteiger partial charge in [-0.1, -0.05) is 94.8 Å². The molecule has 0 heterocycles. The van der Waals surface area contributed by atoms with E-state index in [4.69, 9.17) is 0 Å². The molecule has 0 unspecified atom stereocenters. The predicted octanol–water partition coefficient (Wildman–Crippen LogP) is 5.03. The fraction of sp³-hybridized carbons (Fsp3) is 0.161. The first-order chi connectivity index (χ1) is 19.3. The number of para-hydroxylation sites is 1. The summed E-state index contributed by atoms with van der Waals surface area (Å²) in [5, 5.41) is 2.68. The highest BCUT2D eigenvalue weighted by Gasteiger charge is 2.34. The van der Waals surface area contributed by atoms with Crippen LogP contribution in [0.5, 0.6) is 0 Å². The number of halogens is 1. The first kappa shape index (κ1) is 29.0. The fourth-order valence-corrected chi connectivity index (χ4v) is 6.28. The van der Waals surface area contributed by atoms with Crippen LogP contribution in [-0.4, -0.2) is 44.8 Å². The Hall–Kier alpha value is -3.95. The van der Waals surface area contributed by atoms with Gasteiger partial charge in [0.05, 0.1) is 10.6 Å². The molecule has 4 aromatic carbocycles. The average molecular weight is 621 g/mol. The van der Waals surface area contributed by atoms with Crippen LogP contribution in [-0.2, 0) is 32.6 Å². The van der Waals surface area contributed by atoms with Crippen LogP contribution in [0.2, 0.25) is 0 Å². The fourth-order valence-electron chi connectivity index (χ4n) is 4.40. The van der Waals surface area contributed by atoms with Crippen molar-refractivity contribution in [3.63, 3.8) is 0 Å². The van der Waals surface area contributed by atoms with E-state index in [1.807, 2.05) is 54.6 Å². The Bertz CT molecular complexity index is 1530. The number of carbonyl (C=O) groups is 2. The summed E-state index contributed by atoms with van der Waals surface area (Å²) < 4.78 is 29.6.